The average molecular weight is 397 g/mol. The van der Waals surface area contributed by atoms with E-state index in [0.29, 0.717) is 22.5 Å². The van der Waals surface area contributed by atoms with Gasteiger partial charge in [-0.2, -0.15) is 13.2 Å². The zero-order valence-electron chi connectivity index (χ0n) is 14.2. The standard InChI is InChI=1S/C16H13F3N4.CH4O2S/c17-16(18,19)9-22-12-4-1-10(2-5-12)11-3-6-13-14(7-11)21-8-15(20)23-13;1-4(2)3/h1-8,22H,9H2,(H2,20,23);1H3,(H,2,3)/p-1. The Labute approximate surface area is 155 Å². The lowest BCUT2D eigenvalue weighted by Gasteiger charge is -2.10. The van der Waals surface area contributed by atoms with Crippen molar-refractivity contribution in [2.24, 2.45) is 0 Å². The van der Waals surface area contributed by atoms with Crippen molar-refractivity contribution in [3.63, 3.8) is 0 Å². The lowest BCUT2D eigenvalue weighted by Crippen LogP contribution is -2.21. The Morgan fingerprint density at radius 2 is 1.70 bits per heavy atom. The Kier molecular flexibility index (Phi) is 6.70. The van der Waals surface area contributed by atoms with Crippen LogP contribution in [-0.4, -0.2) is 37.7 Å². The van der Waals surface area contributed by atoms with E-state index in [9.17, 15) is 13.2 Å². The van der Waals surface area contributed by atoms with Gasteiger partial charge >= 0.3 is 6.18 Å². The first-order valence-electron chi connectivity index (χ1n) is 7.58. The molecule has 6 nitrogen and oxygen atoms in total. The third kappa shape index (κ3) is 6.83. The highest BCUT2D eigenvalue weighted by molar-refractivity contribution is 7.78. The number of aromatic nitrogens is 2. The Morgan fingerprint density at radius 3 is 2.30 bits per heavy atom. The molecule has 0 spiro atoms. The fraction of sp³-hybridized carbons (Fsp3) is 0.176. The van der Waals surface area contributed by atoms with E-state index >= 15 is 0 Å². The Hall–Kier alpha value is -2.72. The summed E-state index contributed by atoms with van der Waals surface area (Å²) in [5.41, 5.74) is 9.18. The second-order valence-electron chi connectivity index (χ2n) is 5.45. The molecule has 0 fully saturated rings. The molecule has 3 aromatic rings. The summed E-state index contributed by atoms with van der Waals surface area (Å²) in [6.45, 7) is -1.06. The molecule has 1 heterocycles. The van der Waals surface area contributed by atoms with E-state index in [-0.39, 0.29) is 0 Å². The van der Waals surface area contributed by atoms with Crippen LogP contribution in [0.4, 0.5) is 24.7 Å². The van der Waals surface area contributed by atoms with E-state index < -0.39 is 23.8 Å². The second-order valence-corrected chi connectivity index (χ2v) is 6.25. The predicted molar refractivity (Wildman–Crippen MR) is 98.8 cm³/mol. The van der Waals surface area contributed by atoms with Crippen LogP contribution >= 0.6 is 0 Å². The van der Waals surface area contributed by atoms with Crippen LogP contribution in [-0.2, 0) is 11.1 Å². The first-order valence-corrected chi connectivity index (χ1v) is 9.06. The van der Waals surface area contributed by atoms with Gasteiger partial charge in [0.1, 0.15) is 12.4 Å². The molecular weight excluding hydrogens is 381 g/mol. The van der Waals surface area contributed by atoms with Crippen molar-refractivity contribution in [3.8, 4) is 11.1 Å². The first kappa shape index (κ1) is 20.6. The van der Waals surface area contributed by atoms with E-state index in [2.05, 4.69) is 15.3 Å². The Bertz CT molecular complexity index is 930. The summed E-state index contributed by atoms with van der Waals surface area (Å²) < 4.78 is 54.5. The SMILES string of the molecule is CS(=O)[O-].Nc1cnc2cc(-c3ccc(NCC(F)(F)F)cc3)ccc2n1. The molecule has 2 aromatic carbocycles. The van der Waals surface area contributed by atoms with Crippen LogP contribution < -0.4 is 11.1 Å². The fourth-order valence-corrected chi connectivity index (χ4v) is 2.19. The largest absolute Gasteiger partial charge is 0.773 e. The molecule has 0 aliphatic rings. The summed E-state index contributed by atoms with van der Waals surface area (Å²) in [4.78, 5) is 8.39. The van der Waals surface area contributed by atoms with Gasteiger partial charge in [-0.15, -0.1) is 0 Å². The van der Waals surface area contributed by atoms with E-state index in [0.717, 1.165) is 17.4 Å². The topological polar surface area (TPSA) is 104 Å². The number of nitrogens with zero attached hydrogens (tertiary/aromatic N) is 2. The number of alkyl halides is 3. The zero-order chi connectivity index (χ0) is 20.0. The number of rotatable bonds is 3. The number of nitrogens with two attached hydrogens (primary N) is 1. The molecule has 0 aliphatic carbocycles. The second kappa shape index (κ2) is 8.78. The van der Waals surface area contributed by atoms with Crippen molar-refractivity contribution < 1.29 is 21.9 Å². The van der Waals surface area contributed by atoms with Crippen LogP contribution in [0.1, 0.15) is 0 Å². The van der Waals surface area contributed by atoms with Crippen LogP contribution in [0.3, 0.4) is 0 Å². The van der Waals surface area contributed by atoms with Crippen molar-refractivity contribution in [1.29, 1.82) is 0 Å². The number of hydrogen-bond acceptors (Lipinski definition) is 6. The highest BCUT2D eigenvalue weighted by Gasteiger charge is 2.26. The van der Waals surface area contributed by atoms with Gasteiger partial charge in [0.25, 0.3) is 0 Å². The Morgan fingerprint density at radius 1 is 1.11 bits per heavy atom. The third-order valence-corrected chi connectivity index (χ3v) is 3.27. The van der Waals surface area contributed by atoms with Crippen molar-refractivity contribution in [2.45, 2.75) is 6.18 Å². The number of benzene rings is 2. The van der Waals surface area contributed by atoms with Gasteiger partial charge in [0.05, 0.1) is 17.2 Å². The van der Waals surface area contributed by atoms with E-state index in [1.807, 2.05) is 18.2 Å². The monoisotopic (exact) mass is 397 g/mol. The van der Waals surface area contributed by atoms with E-state index in [1.54, 1.807) is 24.3 Å². The molecule has 0 aliphatic heterocycles. The summed E-state index contributed by atoms with van der Waals surface area (Å²) in [7, 11) is 0. The molecule has 0 saturated heterocycles. The molecule has 0 saturated carbocycles. The predicted octanol–water partition coefficient (Wildman–Crippen LogP) is 3.35. The number of nitrogens with one attached hydrogen (secondary N) is 1. The van der Waals surface area contributed by atoms with Gasteiger partial charge in [-0.3, -0.25) is 9.19 Å². The van der Waals surface area contributed by atoms with Crippen LogP contribution in [0.5, 0.6) is 0 Å². The number of nitrogen functional groups attached to an aromatic ring is 1. The van der Waals surface area contributed by atoms with Gasteiger partial charge in [-0.25, -0.2) is 4.98 Å². The molecule has 0 bridgehead atoms. The number of halogens is 3. The van der Waals surface area contributed by atoms with Crippen molar-refractivity contribution in [3.05, 3.63) is 48.7 Å². The highest BCUT2D eigenvalue weighted by Crippen LogP contribution is 2.25. The lowest BCUT2D eigenvalue weighted by molar-refractivity contribution is -0.115. The summed E-state index contributed by atoms with van der Waals surface area (Å²) >= 11 is -1.86. The molecule has 10 heteroatoms. The van der Waals surface area contributed by atoms with Gasteiger partial charge in [0, 0.05) is 5.69 Å². The summed E-state index contributed by atoms with van der Waals surface area (Å²) in [6, 6.07) is 12.3. The van der Waals surface area contributed by atoms with Gasteiger partial charge < -0.3 is 15.6 Å². The molecule has 0 radical (unpaired) electrons. The normalized spacial score (nSPS) is 12.2. The highest BCUT2D eigenvalue weighted by atomic mass is 32.2. The van der Waals surface area contributed by atoms with Crippen LogP contribution in [0.25, 0.3) is 22.2 Å². The summed E-state index contributed by atoms with van der Waals surface area (Å²) in [5, 5.41) is 2.34. The molecule has 144 valence electrons. The number of hydrogen-bond donors (Lipinski definition) is 2. The molecule has 3 rings (SSSR count). The average Bonchev–Trinajstić information content (AvgIpc) is 2.59. The van der Waals surface area contributed by atoms with Crippen molar-refractivity contribution in [1.82, 2.24) is 9.97 Å². The number of fused-ring (bicyclic) bond motifs is 1. The summed E-state index contributed by atoms with van der Waals surface area (Å²) in [6.07, 6.45) is -1.67. The Balaban J connectivity index is 0.000000596. The first-order chi connectivity index (χ1) is 12.6. The third-order valence-electron chi connectivity index (χ3n) is 3.27. The quantitative estimate of drug-likeness (QED) is 0.657. The van der Waals surface area contributed by atoms with E-state index in [1.165, 1.54) is 6.20 Å². The smallest absolute Gasteiger partial charge is 0.405 e. The van der Waals surface area contributed by atoms with Gasteiger partial charge in [0.2, 0.25) is 0 Å². The minimum atomic E-state index is -4.24. The maximum Gasteiger partial charge on any atom is 0.405 e. The minimum Gasteiger partial charge on any atom is -0.773 e. The maximum atomic E-state index is 12.2. The van der Waals surface area contributed by atoms with Crippen LogP contribution in [0, 0.1) is 0 Å². The molecule has 27 heavy (non-hydrogen) atoms. The molecule has 1 unspecified atom stereocenters. The van der Waals surface area contributed by atoms with Gasteiger partial charge in [0.15, 0.2) is 0 Å². The van der Waals surface area contributed by atoms with E-state index in [4.69, 9.17) is 14.5 Å². The van der Waals surface area contributed by atoms with Crippen LogP contribution in [0.2, 0.25) is 0 Å². The minimum absolute atomic E-state index is 0.352. The fourth-order valence-electron chi connectivity index (χ4n) is 2.19. The lowest BCUT2D eigenvalue weighted by atomic mass is 10.0. The van der Waals surface area contributed by atoms with Crippen molar-refractivity contribution >= 4 is 33.6 Å². The number of anilines is 2. The maximum absolute atomic E-state index is 12.2. The molecule has 0 amide bonds. The molecule has 1 atom stereocenters. The van der Waals surface area contributed by atoms with Gasteiger partial charge in [-0.1, -0.05) is 29.3 Å². The molecule has 3 N–H and O–H groups in total. The van der Waals surface area contributed by atoms with Gasteiger partial charge in [-0.05, 0) is 41.6 Å². The van der Waals surface area contributed by atoms with Crippen molar-refractivity contribution in [2.75, 3.05) is 23.9 Å². The molecular formula is C17H16F3N4O2S-. The van der Waals surface area contributed by atoms with Crippen LogP contribution in [0.15, 0.2) is 48.7 Å². The zero-order valence-corrected chi connectivity index (χ0v) is 15.0. The molecule has 1 aromatic heterocycles. The summed E-state index contributed by atoms with van der Waals surface area (Å²) in [5.74, 6) is 0.352.